The molecule has 2 rings (SSSR count). The van der Waals surface area contributed by atoms with E-state index in [2.05, 4.69) is 25.7 Å². The minimum absolute atomic E-state index is 0.228. The van der Waals surface area contributed by atoms with Crippen molar-refractivity contribution in [3.8, 4) is 0 Å². The van der Waals surface area contributed by atoms with Crippen LogP contribution in [0.25, 0.3) is 0 Å². The highest BCUT2D eigenvalue weighted by Crippen LogP contribution is 2.12. The minimum Gasteiger partial charge on any atom is -0.338 e. The van der Waals surface area contributed by atoms with Crippen LogP contribution in [0.2, 0.25) is 0 Å². The highest BCUT2D eigenvalue weighted by Gasteiger charge is 2.21. The van der Waals surface area contributed by atoms with Crippen molar-refractivity contribution in [1.82, 2.24) is 30.6 Å². The zero-order chi connectivity index (χ0) is 18.2. The Morgan fingerprint density at radius 3 is 2.48 bits per heavy atom. The van der Waals surface area contributed by atoms with E-state index in [9.17, 15) is 9.59 Å². The molecule has 9 nitrogen and oxygen atoms in total. The predicted octanol–water partition coefficient (Wildman–Crippen LogP) is 0.546. The molecule has 25 heavy (non-hydrogen) atoms. The Balaban J connectivity index is 1.68. The fraction of sp³-hybridized carbons (Fsp3) is 0.750. The van der Waals surface area contributed by atoms with Gasteiger partial charge < -0.3 is 9.84 Å². The number of urea groups is 1. The average Bonchev–Trinajstić information content (AvgIpc) is 3.03. The number of aromatic nitrogens is 2. The Labute approximate surface area is 148 Å². The summed E-state index contributed by atoms with van der Waals surface area (Å²) in [4.78, 5) is 32.0. The van der Waals surface area contributed by atoms with Gasteiger partial charge in [-0.2, -0.15) is 4.98 Å². The summed E-state index contributed by atoms with van der Waals surface area (Å²) in [5.74, 6) is 1.33. The lowest BCUT2D eigenvalue weighted by atomic mass is 10.2. The van der Waals surface area contributed by atoms with Gasteiger partial charge in [0.2, 0.25) is 11.8 Å². The molecule has 2 heterocycles. The average molecular weight is 352 g/mol. The smallest absolute Gasteiger partial charge is 0.321 e. The molecule has 1 aromatic heterocycles. The summed E-state index contributed by atoms with van der Waals surface area (Å²) in [5.41, 5.74) is 0. The molecule has 0 aliphatic carbocycles. The van der Waals surface area contributed by atoms with Crippen LogP contribution in [-0.2, 0) is 11.3 Å². The van der Waals surface area contributed by atoms with Crippen molar-refractivity contribution in [2.24, 2.45) is 0 Å². The Kier molecular flexibility index (Phi) is 7.32. The summed E-state index contributed by atoms with van der Waals surface area (Å²) in [6.45, 7) is 10.6. The number of carbonyl (C=O) groups is 2. The largest absolute Gasteiger partial charge is 0.338 e. The number of carbonyl (C=O) groups excluding carboxylic acids is 2. The van der Waals surface area contributed by atoms with E-state index >= 15 is 0 Å². The molecule has 2 N–H and O–H groups in total. The maximum absolute atomic E-state index is 11.9. The van der Waals surface area contributed by atoms with Crippen LogP contribution in [-0.4, -0.2) is 71.1 Å². The Morgan fingerprint density at radius 2 is 1.88 bits per heavy atom. The number of nitrogens with one attached hydrogen (secondary N) is 2. The standard InChI is InChI=1S/C16H28N6O3/c1-4-5-17-16(24)18-13(23)10-21-6-8-22(9-7-21)11-14-19-15(12(2)3)20-25-14/h12H,4-11H2,1-3H3,(H2,17,18,23,24). The molecule has 0 spiro atoms. The normalized spacial score (nSPS) is 16.2. The quantitative estimate of drug-likeness (QED) is 0.738. The van der Waals surface area contributed by atoms with Crippen LogP contribution in [0.4, 0.5) is 4.79 Å². The second-order valence-electron chi connectivity index (χ2n) is 6.56. The fourth-order valence-corrected chi connectivity index (χ4v) is 2.52. The zero-order valence-corrected chi connectivity index (χ0v) is 15.2. The molecule has 3 amide bonds. The monoisotopic (exact) mass is 352 g/mol. The number of hydrogen-bond donors (Lipinski definition) is 2. The van der Waals surface area contributed by atoms with Crippen molar-refractivity contribution in [3.05, 3.63) is 11.7 Å². The summed E-state index contributed by atoms with van der Waals surface area (Å²) in [5, 5.41) is 8.94. The van der Waals surface area contributed by atoms with Crippen LogP contribution >= 0.6 is 0 Å². The molecule has 0 atom stereocenters. The van der Waals surface area contributed by atoms with Gasteiger partial charge in [-0.15, -0.1) is 0 Å². The minimum atomic E-state index is -0.428. The summed E-state index contributed by atoms with van der Waals surface area (Å²) in [6.07, 6.45) is 0.836. The molecule has 0 radical (unpaired) electrons. The van der Waals surface area contributed by atoms with Crippen LogP contribution in [0.3, 0.4) is 0 Å². The first-order chi connectivity index (χ1) is 12.0. The molecular weight excluding hydrogens is 324 g/mol. The Morgan fingerprint density at radius 1 is 1.20 bits per heavy atom. The van der Waals surface area contributed by atoms with Gasteiger partial charge in [0.05, 0.1) is 13.1 Å². The molecule has 0 bridgehead atoms. The van der Waals surface area contributed by atoms with Crippen molar-refractivity contribution in [3.63, 3.8) is 0 Å². The van der Waals surface area contributed by atoms with E-state index in [1.807, 2.05) is 25.7 Å². The van der Waals surface area contributed by atoms with E-state index in [1.165, 1.54) is 0 Å². The fourth-order valence-electron chi connectivity index (χ4n) is 2.52. The highest BCUT2D eigenvalue weighted by molar-refractivity contribution is 5.95. The van der Waals surface area contributed by atoms with Crippen molar-refractivity contribution in [1.29, 1.82) is 0 Å². The number of piperazine rings is 1. The molecular formula is C16H28N6O3. The van der Waals surface area contributed by atoms with Gasteiger partial charge in [0.1, 0.15) is 0 Å². The van der Waals surface area contributed by atoms with E-state index < -0.39 is 6.03 Å². The van der Waals surface area contributed by atoms with Gasteiger partial charge in [-0.05, 0) is 6.42 Å². The predicted molar refractivity (Wildman–Crippen MR) is 91.9 cm³/mol. The zero-order valence-electron chi connectivity index (χ0n) is 15.2. The third kappa shape index (κ3) is 6.43. The van der Waals surface area contributed by atoms with Gasteiger partial charge in [0.15, 0.2) is 5.82 Å². The lowest BCUT2D eigenvalue weighted by molar-refractivity contribution is -0.121. The summed E-state index contributed by atoms with van der Waals surface area (Å²) in [6, 6.07) is -0.428. The van der Waals surface area contributed by atoms with Crippen LogP contribution in [0.5, 0.6) is 0 Å². The van der Waals surface area contributed by atoms with E-state index in [4.69, 9.17) is 4.52 Å². The van der Waals surface area contributed by atoms with Gasteiger partial charge >= 0.3 is 6.03 Å². The first-order valence-corrected chi connectivity index (χ1v) is 8.82. The van der Waals surface area contributed by atoms with E-state index in [-0.39, 0.29) is 18.4 Å². The van der Waals surface area contributed by atoms with Crippen LogP contribution in [0.15, 0.2) is 4.52 Å². The summed E-state index contributed by atoms with van der Waals surface area (Å²) < 4.78 is 5.27. The maximum atomic E-state index is 11.9. The van der Waals surface area contributed by atoms with Gasteiger partial charge in [0, 0.05) is 38.6 Å². The van der Waals surface area contributed by atoms with E-state index in [0.29, 0.717) is 19.0 Å². The molecule has 0 unspecified atom stereocenters. The molecule has 0 saturated carbocycles. The summed E-state index contributed by atoms with van der Waals surface area (Å²) in [7, 11) is 0. The molecule has 140 valence electrons. The van der Waals surface area contributed by atoms with Crippen molar-refractivity contribution < 1.29 is 14.1 Å². The number of rotatable bonds is 7. The molecule has 1 aliphatic rings. The van der Waals surface area contributed by atoms with Crippen LogP contribution < -0.4 is 10.6 Å². The maximum Gasteiger partial charge on any atom is 0.321 e. The SMILES string of the molecule is CCCNC(=O)NC(=O)CN1CCN(Cc2nc(C(C)C)no2)CC1. The number of nitrogens with zero attached hydrogens (tertiary/aromatic N) is 4. The van der Waals surface area contributed by atoms with Gasteiger partial charge in [0.25, 0.3) is 0 Å². The number of amides is 3. The van der Waals surface area contributed by atoms with E-state index in [1.54, 1.807) is 0 Å². The van der Waals surface area contributed by atoms with Crippen molar-refractivity contribution >= 4 is 11.9 Å². The second-order valence-corrected chi connectivity index (χ2v) is 6.56. The van der Waals surface area contributed by atoms with Crippen molar-refractivity contribution in [2.45, 2.75) is 39.7 Å². The third-order valence-corrected chi connectivity index (χ3v) is 3.98. The molecule has 1 aromatic rings. The van der Waals surface area contributed by atoms with Crippen LogP contribution in [0.1, 0.15) is 44.8 Å². The van der Waals surface area contributed by atoms with Crippen molar-refractivity contribution in [2.75, 3.05) is 39.3 Å². The lowest BCUT2D eigenvalue weighted by Gasteiger charge is -2.33. The second kappa shape index (κ2) is 9.47. The van der Waals surface area contributed by atoms with Gasteiger partial charge in [-0.25, -0.2) is 4.79 Å². The molecule has 1 aliphatic heterocycles. The molecule has 9 heteroatoms. The Hall–Kier alpha value is -2.00. The Bertz CT molecular complexity index is 566. The van der Waals surface area contributed by atoms with Crippen LogP contribution in [0, 0.1) is 0 Å². The topological polar surface area (TPSA) is 104 Å². The number of hydrogen-bond acceptors (Lipinski definition) is 7. The van der Waals surface area contributed by atoms with Gasteiger partial charge in [-0.1, -0.05) is 25.9 Å². The number of imide groups is 1. The molecule has 1 fully saturated rings. The highest BCUT2D eigenvalue weighted by atomic mass is 16.5. The first-order valence-electron chi connectivity index (χ1n) is 8.82. The van der Waals surface area contributed by atoms with Gasteiger partial charge in [-0.3, -0.25) is 19.9 Å². The third-order valence-electron chi connectivity index (χ3n) is 3.98. The molecule has 0 aromatic carbocycles. The van der Waals surface area contributed by atoms with E-state index in [0.717, 1.165) is 38.4 Å². The first kappa shape index (κ1) is 19.3. The summed E-state index contributed by atoms with van der Waals surface area (Å²) >= 11 is 0. The molecule has 1 saturated heterocycles. The lowest BCUT2D eigenvalue weighted by Crippen LogP contribution is -2.50.